The maximum atomic E-state index is 13.3. The molecule has 1 saturated heterocycles. The molecule has 2 aliphatic rings. The van der Waals surface area contributed by atoms with Gasteiger partial charge in [-0.1, -0.05) is 36.4 Å². The standard InChI is InChI=1S/C26H23N5O9/c1-27-22-21(23(33)28(2)26(27)36)40-25(35)24(34)39-19-14-29(10-11-30(19)22)13-16-8-9-17(31(37)38)12-18(16)20(32)15-6-4-3-5-7-15/h3-9,12,19H,10-11,13-14H2,1-2H3. The van der Waals surface area contributed by atoms with Gasteiger partial charge in [0.1, 0.15) is 0 Å². The number of nitro benzene ring substituents is 1. The van der Waals surface area contributed by atoms with Crippen molar-refractivity contribution in [1.29, 1.82) is 0 Å². The second-order valence-corrected chi connectivity index (χ2v) is 9.33. The average molecular weight is 549 g/mol. The van der Waals surface area contributed by atoms with Crippen LogP contribution in [0.1, 0.15) is 21.5 Å². The fraction of sp³-hybridized carbons (Fsp3) is 0.269. The van der Waals surface area contributed by atoms with Crippen LogP contribution in [-0.2, 0) is 35.0 Å². The molecule has 0 amide bonds. The van der Waals surface area contributed by atoms with Crippen molar-refractivity contribution >= 4 is 29.2 Å². The molecular formula is C26H23N5O9. The molecule has 0 bridgehead atoms. The Morgan fingerprint density at radius 3 is 2.42 bits per heavy atom. The van der Waals surface area contributed by atoms with Crippen LogP contribution < -0.4 is 20.9 Å². The van der Waals surface area contributed by atoms with Gasteiger partial charge in [-0.15, -0.1) is 0 Å². The Hall–Kier alpha value is -5.11. The molecular weight excluding hydrogens is 526 g/mol. The summed E-state index contributed by atoms with van der Waals surface area (Å²) in [6.07, 6.45) is -1.09. The van der Waals surface area contributed by atoms with Crippen LogP contribution in [0.5, 0.6) is 5.75 Å². The largest absolute Gasteiger partial charge is 0.432 e. The maximum Gasteiger partial charge on any atom is 0.423 e. The SMILES string of the molecule is Cn1c2c(c(=O)n(C)c1=O)OC(=O)C(=O)OC1CN(Cc3ccc([N+](=O)[O-])cc3C(=O)c3ccccc3)CCN21. The number of anilines is 1. The number of nitrogens with zero attached hydrogens (tertiary/aromatic N) is 5. The van der Waals surface area contributed by atoms with Gasteiger partial charge in [0.2, 0.25) is 5.75 Å². The number of nitro groups is 1. The Morgan fingerprint density at radius 1 is 1.00 bits per heavy atom. The average Bonchev–Trinajstić information content (AvgIpc) is 2.95. The quantitative estimate of drug-likeness (QED) is 0.142. The van der Waals surface area contributed by atoms with E-state index in [-0.39, 0.29) is 36.7 Å². The highest BCUT2D eigenvalue weighted by molar-refractivity contribution is 6.30. The number of fused-ring (bicyclic) bond motifs is 3. The zero-order valence-electron chi connectivity index (χ0n) is 21.4. The summed E-state index contributed by atoms with van der Waals surface area (Å²) in [5.74, 6) is -3.57. The molecule has 1 unspecified atom stereocenters. The first-order chi connectivity index (χ1) is 19.1. The molecule has 2 aromatic carbocycles. The number of benzene rings is 2. The third-order valence-electron chi connectivity index (χ3n) is 6.87. The number of esters is 2. The third-order valence-corrected chi connectivity index (χ3v) is 6.87. The Morgan fingerprint density at radius 2 is 1.73 bits per heavy atom. The Kier molecular flexibility index (Phi) is 6.77. The van der Waals surface area contributed by atoms with Gasteiger partial charge in [-0.05, 0) is 5.56 Å². The molecule has 0 aliphatic carbocycles. The monoisotopic (exact) mass is 549 g/mol. The molecule has 3 heterocycles. The van der Waals surface area contributed by atoms with Crippen molar-refractivity contribution in [1.82, 2.24) is 14.0 Å². The smallest absolute Gasteiger partial charge is 0.423 e. The maximum absolute atomic E-state index is 13.3. The summed E-state index contributed by atoms with van der Waals surface area (Å²) in [5.41, 5.74) is -0.761. The summed E-state index contributed by atoms with van der Waals surface area (Å²) in [7, 11) is 2.63. The van der Waals surface area contributed by atoms with Crippen molar-refractivity contribution in [2.75, 3.05) is 24.5 Å². The minimum atomic E-state index is -1.40. The number of piperazine rings is 1. The number of carbonyl (C=O) groups excluding carboxylic acids is 3. The van der Waals surface area contributed by atoms with E-state index in [2.05, 4.69) is 0 Å². The van der Waals surface area contributed by atoms with Crippen LogP contribution in [0.3, 0.4) is 0 Å². The summed E-state index contributed by atoms with van der Waals surface area (Å²) in [4.78, 5) is 77.7. The normalized spacial score (nSPS) is 17.1. The van der Waals surface area contributed by atoms with Crippen molar-refractivity contribution in [3.05, 3.63) is 96.2 Å². The number of aromatic nitrogens is 2. The molecule has 2 aliphatic heterocycles. The predicted molar refractivity (Wildman–Crippen MR) is 138 cm³/mol. The Labute approximate surface area is 225 Å². The molecule has 0 saturated carbocycles. The van der Waals surface area contributed by atoms with Crippen LogP contribution in [-0.4, -0.2) is 62.5 Å². The van der Waals surface area contributed by atoms with E-state index in [1.807, 2.05) is 4.90 Å². The molecule has 40 heavy (non-hydrogen) atoms. The van der Waals surface area contributed by atoms with Gasteiger partial charge in [0, 0.05) is 57.0 Å². The Balaban J connectivity index is 1.50. The van der Waals surface area contributed by atoms with E-state index in [4.69, 9.17) is 9.47 Å². The molecule has 5 rings (SSSR count). The van der Waals surface area contributed by atoms with Gasteiger partial charge in [0.25, 0.3) is 5.69 Å². The Bertz CT molecular complexity index is 1680. The van der Waals surface area contributed by atoms with Crippen molar-refractivity contribution in [3.8, 4) is 5.75 Å². The summed E-state index contributed by atoms with van der Waals surface area (Å²) in [6, 6.07) is 12.4. The minimum Gasteiger partial charge on any atom is -0.432 e. The number of ketones is 1. The van der Waals surface area contributed by atoms with Crippen LogP contribution in [0, 0.1) is 10.1 Å². The van der Waals surface area contributed by atoms with Gasteiger partial charge in [-0.3, -0.25) is 33.7 Å². The molecule has 1 fully saturated rings. The second kappa shape index (κ2) is 10.2. The number of hydrogen-bond acceptors (Lipinski definition) is 11. The highest BCUT2D eigenvalue weighted by atomic mass is 16.6. The number of hydrogen-bond donors (Lipinski definition) is 0. The fourth-order valence-corrected chi connectivity index (χ4v) is 4.83. The van der Waals surface area contributed by atoms with E-state index in [0.29, 0.717) is 17.7 Å². The first kappa shape index (κ1) is 26.5. The van der Waals surface area contributed by atoms with E-state index in [1.165, 1.54) is 37.2 Å². The van der Waals surface area contributed by atoms with Crippen LogP contribution in [0.15, 0.2) is 58.1 Å². The van der Waals surface area contributed by atoms with Crippen LogP contribution in [0.2, 0.25) is 0 Å². The number of non-ortho nitro benzene ring substituents is 1. The molecule has 14 nitrogen and oxygen atoms in total. The molecule has 14 heteroatoms. The zero-order chi connectivity index (χ0) is 28.7. The molecule has 1 atom stereocenters. The first-order valence-electron chi connectivity index (χ1n) is 12.2. The van der Waals surface area contributed by atoms with Gasteiger partial charge in [-0.25, -0.2) is 14.4 Å². The molecule has 206 valence electrons. The van der Waals surface area contributed by atoms with Crippen molar-refractivity contribution in [2.45, 2.75) is 12.8 Å². The third kappa shape index (κ3) is 4.64. The van der Waals surface area contributed by atoms with Gasteiger partial charge >= 0.3 is 23.2 Å². The first-order valence-corrected chi connectivity index (χ1v) is 12.2. The second-order valence-electron chi connectivity index (χ2n) is 9.33. The van der Waals surface area contributed by atoms with E-state index in [1.54, 1.807) is 30.3 Å². The van der Waals surface area contributed by atoms with Gasteiger partial charge in [0.05, 0.1) is 11.5 Å². The van der Waals surface area contributed by atoms with E-state index in [0.717, 1.165) is 9.13 Å². The van der Waals surface area contributed by atoms with Crippen molar-refractivity contribution in [3.63, 3.8) is 0 Å². The van der Waals surface area contributed by atoms with E-state index >= 15 is 0 Å². The van der Waals surface area contributed by atoms with E-state index < -0.39 is 45.9 Å². The summed E-state index contributed by atoms with van der Waals surface area (Å²) in [5, 5.41) is 11.4. The number of carbonyl (C=O) groups is 3. The molecule has 3 aromatic rings. The number of ether oxygens (including phenoxy) is 2. The van der Waals surface area contributed by atoms with Crippen LogP contribution >= 0.6 is 0 Å². The van der Waals surface area contributed by atoms with Crippen LogP contribution in [0.25, 0.3) is 0 Å². The minimum absolute atomic E-state index is 0.00567. The van der Waals surface area contributed by atoms with E-state index in [9.17, 15) is 34.1 Å². The summed E-state index contributed by atoms with van der Waals surface area (Å²) in [6.45, 7) is 0.650. The zero-order valence-corrected chi connectivity index (χ0v) is 21.4. The lowest BCUT2D eigenvalue weighted by molar-refractivity contribution is -0.384. The lowest BCUT2D eigenvalue weighted by atomic mass is 9.97. The highest BCUT2D eigenvalue weighted by Crippen LogP contribution is 2.30. The lowest BCUT2D eigenvalue weighted by Crippen LogP contribution is -2.58. The van der Waals surface area contributed by atoms with Gasteiger partial charge in [-0.2, -0.15) is 0 Å². The van der Waals surface area contributed by atoms with Crippen molar-refractivity contribution in [2.24, 2.45) is 14.1 Å². The van der Waals surface area contributed by atoms with Crippen molar-refractivity contribution < 1.29 is 28.8 Å². The predicted octanol–water partition coefficient (Wildman–Crippen LogP) is 0.334. The summed E-state index contributed by atoms with van der Waals surface area (Å²) < 4.78 is 12.3. The molecule has 1 aromatic heterocycles. The molecule has 0 spiro atoms. The fourth-order valence-electron chi connectivity index (χ4n) is 4.83. The molecule has 0 N–H and O–H groups in total. The molecule has 0 radical (unpaired) electrons. The van der Waals surface area contributed by atoms with Gasteiger partial charge < -0.3 is 14.4 Å². The number of rotatable bonds is 5. The highest BCUT2D eigenvalue weighted by Gasteiger charge is 2.40. The van der Waals surface area contributed by atoms with Crippen LogP contribution in [0.4, 0.5) is 11.5 Å². The lowest BCUT2D eigenvalue weighted by Gasteiger charge is -2.43. The summed E-state index contributed by atoms with van der Waals surface area (Å²) >= 11 is 0. The topological polar surface area (TPSA) is 163 Å². The van der Waals surface area contributed by atoms with Gasteiger partial charge in [0.15, 0.2) is 17.8 Å².